The van der Waals surface area contributed by atoms with Gasteiger partial charge in [-0.1, -0.05) is 42.5 Å². The predicted molar refractivity (Wildman–Crippen MR) is 129 cm³/mol. The van der Waals surface area contributed by atoms with E-state index in [1.54, 1.807) is 41.6 Å². The molecule has 1 aromatic heterocycles. The van der Waals surface area contributed by atoms with Crippen molar-refractivity contribution in [3.63, 3.8) is 0 Å². The molecule has 2 aromatic carbocycles. The van der Waals surface area contributed by atoms with E-state index in [2.05, 4.69) is 5.32 Å². The third-order valence-corrected chi connectivity index (χ3v) is 6.63. The van der Waals surface area contributed by atoms with Crippen LogP contribution in [-0.4, -0.2) is 63.6 Å². The summed E-state index contributed by atoms with van der Waals surface area (Å²) in [5.74, 6) is -0.292. The third kappa shape index (κ3) is 4.83. The van der Waals surface area contributed by atoms with E-state index in [1.165, 1.54) is 4.57 Å². The lowest BCUT2D eigenvalue weighted by molar-refractivity contribution is -0.142. The Labute approximate surface area is 203 Å². The van der Waals surface area contributed by atoms with Crippen molar-refractivity contribution in [2.75, 3.05) is 13.2 Å². The Morgan fingerprint density at radius 3 is 2.60 bits per heavy atom. The minimum atomic E-state index is -0.887. The highest BCUT2D eigenvalue weighted by Gasteiger charge is 2.45. The van der Waals surface area contributed by atoms with Crippen LogP contribution >= 0.6 is 0 Å². The molecule has 35 heavy (non-hydrogen) atoms. The van der Waals surface area contributed by atoms with E-state index in [0.29, 0.717) is 6.54 Å². The summed E-state index contributed by atoms with van der Waals surface area (Å²) in [7, 11) is 0. The minimum Gasteiger partial charge on any atom is -0.508 e. The number of carbonyl (C=O) groups is 3. The van der Waals surface area contributed by atoms with Gasteiger partial charge in [0.1, 0.15) is 24.4 Å². The van der Waals surface area contributed by atoms with Crippen molar-refractivity contribution in [3.8, 4) is 16.9 Å². The van der Waals surface area contributed by atoms with Crippen LogP contribution in [0.1, 0.15) is 18.4 Å². The molecule has 8 heteroatoms. The zero-order valence-corrected chi connectivity index (χ0v) is 19.2. The molecule has 0 aliphatic carbocycles. The van der Waals surface area contributed by atoms with Crippen molar-refractivity contribution in [3.05, 3.63) is 78.6 Å². The highest BCUT2D eigenvalue weighted by molar-refractivity contribution is 5.95. The van der Waals surface area contributed by atoms with Crippen molar-refractivity contribution < 1.29 is 24.2 Å². The van der Waals surface area contributed by atoms with Gasteiger partial charge in [-0.15, -0.1) is 0 Å². The minimum absolute atomic E-state index is 0.0136. The lowest BCUT2D eigenvalue weighted by Crippen LogP contribution is -2.58. The fraction of sp³-hybridized carbons (Fsp3) is 0.296. The first-order valence-corrected chi connectivity index (χ1v) is 11.8. The molecule has 3 heterocycles. The monoisotopic (exact) mass is 473 g/mol. The number of ether oxygens (including phenoxy) is 1. The zero-order chi connectivity index (χ0) is 24.4. The van der Waals surface area contributed by atoms with Crippen LogP contribution in [0.2, 0.25) is 0 Å². The van der Waals surface area contributed by atoms with Crippen LogP contribution in [0.25, 0.3) is 11.1 Å². The summed E-state index contributed by atoms with van der Waals surface area (Å²) in [4.78, 5) is 40.9. The molecule has 2 fully saturated rings. The van der Waals surface area contributed by atoms with Crippen molar-refractivity contribution in [1.29, 1.82) is 0 Å². The molecule has 0 bridgehead atoms. The molecular formula is C27H27N3O5. The van der Waals surface area contributed by atoms with Crippen LogP contribution in [0.4, 0.5) is 4.79 Å². The fourth-order valence-electron chi connectivity index (χ4n) is 4.85. The second-order valence-corrected chi connectivity index (χ2v) is 8.98. The Balaban J connectivity index is 1.38. The van der Waals surface area contributed by atoms with Gasteiger partial charge in [0, 0.05) is 25.4 Å². The number of Topliss-reactive ketones (excluding diaryl/α,β-unsaturated/α-hetero) is 1. The summed E-state index contributed by atoms with van der Waals surface area (Å²) in [6.07, 6.45) is 4.78. The number of phenols is 1. The third-order valence-electron chi connectivity index (χ3n) is 6.63. The molecule has 2 N–H and O–H groups in total. The first-order valence-electron chi connectivity index (χ1n) is 11.8. The number of nitrogens with zero attached hydrogens (tertiary/aromatic N) is 2. The van der Waals surface area contributed by atoms with E-state index in [-0.39, 0.29) is 36.6 Å². The summed E-state index contributed by atoms with van der Waals surface area (Å²) >= 11 is 0. The molecule has 2 aliphatic rings. The molecular weight excluding hydrogens is 446 g/mol. The Morgan fingerprint density at radius 1 is 1.06 bits per heavy atom. The number of fused-ring (bicyclic) bond motifs is 1. The zero-order valence-electron chi connectivity index (χ0n) is 19.2. The van der Waals surface area contributed by atoms with Gasteiger partial charge >= 0.3 is 6.03 Å². The average Bonchev–Trinajstić information content (AvgIpc) is 3.53. The summed E-state index contributed by atoms with van der Waals surface area (Å²) in [6.45, 7) is 0.457. The SMILES string of the molecule is O=C1COC2CCCN(C(=O)C(Cc3ccc(O)cc3)NC(=O)n3ccc(-c4ccccc4)c3)C12. The molecule has 0 radical (unpaired) electrons. The van der Waals surface area contributed by atoms with Crippen LogP contribution in [0.3, 0.4) is 0 Å². The number of benzene rings is 2. The highest BCUT2D eigenvalue weighted by Crippen LogP contribution is 2.27. The Morgan fingerprint density at radius 2 is 1.83 bits per heavy atom. The van der Waals surface area contributed by atoms with E-state index in [0.717, 1.165) is 29.5 Å². The number of aromatic nitrogens is 1. The maximum Gasteiger partial charge on any atom is 0.326 e. The van der Waals surface area contributed by atoms with Crippen LogP contribution in [0, 0.1) is 0 Å². The standard InChI is InChI=1S/C27H27N3O5/c31-21-10-8-18(9-11-21)15-22(26(33)30-13-4-7-24-25(30)23(32)17-35-24)28-27(34)29-14-12-20(16-29)19-5-2-1-3-6-19/h1-3,5-6,8-12,14,16,22,24-25,31H,4,7,13,15,17H2,(H,28,34). The Kier molecular flexibility index (Phi) is 6.37. The van der Waals surface area contributed by atoms with Gasteiger partial charge in [-0.05, 0) is 47.7 Å². The van der Waals surface area contributed by atoms with Crippen LogP contribution in [0.15, 0.2) is 73.1 Å². The normalized spacial score (nSPS) is 20.3. The second-order valence-electron chi connectivity index (χ2n) is 8.98. The lowest BCUT2D eigenvalue weighted by Gasteiger charge is -2.37. The lowest BCUT2D eigenvalue weighted by atomic mass is 9.95. The van der Waals surface area contributed by atoms with Gasteiger partial charge in [-0.25, -0.2) is 4.79 Å². The topological polar surface area (TPSA) is 101 Å². The van der Waals surface area contributed by atoms with E-state index in [4.69, 9.17) is 4.74 Å². The van der Waals surface area contributed by atoms with Crippen molar-refractivity contribution in [2.24, 2.45) is 0 Å². The number of likely N-dealkylation sites (tertiary alicyclic amines) is 1. The van der Waals surface area contributed by atoms with E-state index in [9.17, 15) is 19.5 Å². The quantitative estimate of drug-likeness (QED) is 0.593. The summed E-state index contributed by atoms with van der Waals surface area (Å²) < 4.78 is 7.01. The van der Waals surface area contributed by atoms with Gasteiger partial charge in [-0.3, -0.25) is 14.2 Å². The maximum atomic E-state index is 13.7. The number of piperidine rings is 1. The number of hydrogen-bond acceptors (Lipinski definition) is 5. The van der Waals surface area contributed by atoms with E-state index >= 15 is 0 Å². The van der Waals surface area contributed by atoms with Crippen molar-refractivity contribution in [2.45, 2.75) is 37.5 Å². The van der Waals surface area contributed by atoms with Crippen LogP contribution in [-0.2, 0) is 20.7 Å². The van der Waals surface area contributed by atoms with E-state index < -0.39 is 18.1 Å². The summed E-state index contributed by atoms with van der Waals surface area (Å²) in [6, 6.07) is 16.1. The number of nitrogens with one attached hydrogen (secondary N) is 1. The van der Waals surface area contributed by atoms with Gasteiger partial charge in [0.2, 0.25) is 5.91 Å². The predicted octanol–water partition coefficient (Wildman–Crippen LogP) is 2.99. The molecule has 3 atom stereocenters. The number of phenolic OH excluding ortho intramolecular Hbond substituents is 1. The van der Waals surface area contributed by atoms with E-state index in [1.807, 2.05) is 36.4 Å². The average molecular weight is 474 g/mol. The first kappa shape index (κ1) is 22.9. The fourth-order valence-corrected chi connectivity index (χ4v) is 4.85. The van der Waals surface area contributed by atoms with Crippen molar-refractivity contribution >= 4 is 17.7 Å². The molecule has 180 valence electrons. The number of amides is 2. The molecule has 2 amide bonds. The number of ketones is 1. The molecule has 3 aromatic rings. The number of carbonyl (C=O) groups excluding carboxylic acids is 3. The summed E-state index contributed by atoms with van der Waals surface area (Å²) in [5, 5.41) is 12.5. The van der Waals surface area contributed by atoms with Crippen LogP contribution in [0.5, 0.6) is 5.75 Å². The van der Waals surface area contributed by atoms with Gasteiger partial charge in [0.15, 0.2) is 5.78 Å². The molecule has 5 rings (SSSR count). The molecule has 0 spiro atoms. The van der Waals surface area contributed by atoms with Crippen LogP contribution < -0.4 is 5.32 Å². The van der Waals surface area contributed by atoms with Gasteiger partial charge < -0.3 is 20.1 Å². The molecule has 2 aliphatic heterocycles. The molecule has 3 unspecified atom stereocenters. The number of hydrogen-bond donors (Lipinski definition) is 2. The molecule has 2 saturated heterocycles. The smallest absolute Gasteiger partial charge is 0.326 e. The maximum absolute atomic E-state index is 13.7. The molecule has 8 nitrogen and oxygen atoms in total. The van der Waals surface area contributed by atoms with Gasteiger partial charge in [0.25, 0.3) is 0 Å². The molecule has 0 saturated carbocycles. The van der Waals surface area contributed by atoms with Crippen molar-refractivity contribution in [1.82, 2.24) is 14.8 Å². The summed E-state index contributed by atoms with van der Waals surface area (Å²) in [5.41, 5.74) is 2.64. The Bertz CT molecular complexity index is 1220. The highest BCUT2D eigenvalue weighted by atomic mass is 16.5. The Hall–Kier alpha value is -3.91. The first-order chi connectivity index (χ1) is 17.0. The second kappa shape index (κ2) is 9.76. The number of aromatic hydroxyl groups is 1. The number of rotatable bonds is 5. The van der Waals surface area contributed by atoms with Gasteiger partial charge in [-0.2, -0.15) is 0 Å². The van der Waals surface area contributed by atoms with Gasteiger partial charge in [0.05, 0.1) is 6.10 Å². The largest absolute Gasteiger partial charge is 0.508 e.